The first-order chi connectivity index (χ1) is 11.3. The molecule has 0 aliphatic rings. The molecule has 24 heavy (non-hydrogen) atoms. The molecule has 0 atom stereocenters. The number of anilines is 1. The van der Waals surface area contributed by atoms with Gasteiger partial charge in [-0.15, -0.1) is 0 Å². The number of aromatic hydroxyl groups is 1. The molecule has 0 saturated carbocycles. The topological polar surface area (TPSA) is 49.3 Å². The Balaban J connectivity index is 1.94. The zero-order chi connectivity index (χ0) is 17.3. The lowest BCUT2D eigenvalue weighted by molar-refractivity contribution is 0.102. The molecule has 0 fully saturated rings. The van der Waals surface area contributed by atoms with E-state index in [1.54, 1.807) is 24.3 Å². The largest absolute Gasteiger partial charge is 0.508 e. The summed E-state index contributed by atoms with van der Waals surface area (Å²) in [5.74, 6) is 0.0373. The van der Waals surface area contributed by atoms with Gasteiger partial charge in [0.1, 0.15) is 5.75 Å². The van der Waals surface area contributed by atoms with Crippen LogP contribution in [0, 0.1) is 0 Å². The number of hydrogen-bond acceptors (Lipinski definition) is 2. The van der Waals surface area contributed by atoms with Gasteiger partial charge in [0, 0.05) is 11.3 Å². The minimum atomic E-state index is -0.155. The number of fused-ring (bicyclic) bond motifs is 1. The molecular formula is C21H21NO2. The SMILES string of the molecule is CC(C)(C)c1cccc(NC(=O)c2cccc3cc(O)ccc23)c1. The van der Waals surface area contributed by atoms with E-state index in [0.717, 1.165) is 16.5 Å². The van der Waals surface area contributed by atoms with E-state index < -0.39 is 0 Å². The Morgan fingerprint density at radius 2 is 1.71 bits per heavy atom. The first kappa shape index (κ1) is 16.1. The fraction of sp³-hybridized carbons (Fsp3) is 0.190. The normalized spacial score (nSPS) is 11.5. The summed E-state index contributed by atoms with van der Waals surface area (Å²) in [7, 11) is 0. The Morgan fingerprint density at radius 3 is 2.46 bits per heavy atom. The predicted molar refractivity (Wildman–Crippen MR) is 98.7 cm³/mol. The molecule has 3 nitrogen and oxygen atoms in total. The fourth-order valence-electron chi connectivity index (χ4n) is 2.73. The summed E-state index contributed by atoms with van der Waals surface area (Å²) >= 11 is 0. The van der Waals surface area contributed by atoms with Gasteiger partial charge in [-0.2, -0.15) is 0 Å². The molecule has 3 aromatic carbocycles. The van der Waals surface area contributed by atoms with Gasteiger partial charge in [-0.25, -0.2) is 0 Å². The lowest BCUT2D eigenvalue weighted by atomic mass is 9.87. The second-order valence-corrected chi connectivity index (χ2v) is 7.00. The number of carbonyl (C=O) groups is 1. The van der Waals surface area contributed by atoms with E-state index in [-0.39, 0.29) is 17.1 Å². The van der Waals surface area contributed by atoms with Crippen LogP contribution in [0.15, 0.2) is 60.7 Å². The van der Waals surface area contributed by atoms with Crippen LogP contribution >= 0.6 is 0 Å². The summed E-state index contributed by atoms with van der Waals surface area (Å²) < 4.78 is 0. The van der Waals surface area contributed by atoms with Crippen molar-refractivity contribution in [3.63, 3.8) is 0 Å². The molecule has 0 unspecified atom stereocenters. The van der Waals surface area contributed by atoms with E-state index in [9.17, 15) is 9.90 Å². The average molecular weight is 319 g/mol. The molecule has 0 saturated heterocycles. The van der Waals surface area contributed by atoms with E-state index in [1.807, 2.05) is 30.3 Å². The van der Waals surface area contributed by atoms with Crippen molar-refractivity contribution in [3.8, 4) is 5.75 Å². The summed E-state index contributed by atoms with van der Waals surface area (Å²) in [5.41, 5.74) is 2.57. The van der Waals surface area contributed by atoms with Crippen LogP contribution < -0.4 is 5.32 Å². The summed E-state index contributed by atoms with van der Waals surface area (Å²) in [6.45, 7) is 6.43. The highest BCUT2D eigenvalue weighted by Gasteiger charge is 2.15. The number of phenols is 1. The number of amides is 1. The van der Waals surface area contributed by atoms with Crippen LogP contribution in [0.25, 0.3) is 10.8 Å². The van der Waals surface area contributed by atoms with Gasteiger partial charge in [0.2, 0.25) is 0 Å². The van der Waals surface area contributed by atoms with Crippen LogP contribution in [0.5, 0.6) is 5.75 Å². The molecule has 122 valence electrons. The van der Waals surface area contributed by atoms with Crippen molar-refractivity contribution < 1.29 is 9.90 Å². The molecule has 3 aromatic rings. The minimum Gasteiger partial charge on any atom is -0.508 e. The summed E-state index contributed by atoms with van der Waals surface area (Å²) in [5, 5.41) is 14.2. The van der Waals surface area contributed by atoms with E-state index >= 15 is 0 Å². The molecular weight excluding hydrogens is 298 g/mol. The molecule has 0 heterocycles. The second-order valence-electron chi connectivity index (χ2n) is 7.00. The van der Waals surface area contributed by atoms with E-state index in [2.05, 4.69) is 32.2 Å². The number of benzene rings is 3. The highest BCUT2D eigenvalue weighted by atomic mass is 16.3. The van der Waals surface area contributed by atoms with Crippen molar-refractivity contribution in [2.45, 2.75) is 26.2 Å². The first-order valence-electron chi connectivity index (χ1n) is 7.98. The highest BCUT2D eigenvalue weighted by Crippen LogP contribution is 2.26. The van der Waals surface area contributed by atoms with E-state index in [1.165, 1.54) is 5.56 Å². The van der Waals surface area contributed by atoms with Gasteiger partial charge in [0.15, 0.2) is 0 Å². The number of hydrogen-bond donors (Lipinski definition) is 2. The number of nitrogens with one attached hydrogen (secondary N) is 1. The molecule has 2 N–H and O–H groups in total. The van der Waals surface area contributed by atoms with Crippen molar-refractivity contribution in [3.05, 3.63) is 71.8 Å². The molecule has 3 heteroatoms. The maximum Gasteiger partial charge on any atom is 0.256 e. The van der Waals surface area contributed by atoms with Crippen LogP contribution in [0.4, 0.5) is 5.69 Å². The molecule has 1 amide bonds. The minimum absolute atomic E-state index is 0.0255. The maximum atomic E-state index is 12.7. The third-order valence-electron chi connectivity index (χ3n) is 4.10. The smallest absolute Gasteiger partial charge is 0.256 e. The van der Waals surface area contributed by atoms with Crippen LogP contribution in [-0.4, -0.2) is 11.0 Å². The van der Waals surface area contributed by atoms with Crippen LogP contribution in [0.2, 0.25) is 0 Å². The van der Waals surface area contributed by atoms with Crippen LogP contribution in [0.1, 0.15) is 36.7 Å². The standard InChI is InChI=1S/C21H21NO2/c1-21(2,3)15-7-5-8-16(13-15)22-20(24)19-9-4-6-14-12-17(23)10-11-18(14)19/h4-13,23H,1-3H3,(H,22,24). The van der Waals surface area contributed by atoms with Gasteiger partial charge >= 0.3 is 0 Å². The van der Waals surface area contributed by atoms with Gasteiger partial charge in [0.25, 0.3) is 5.91 Å². The molecule has 0 aromatic heterocycles. The molecule has 0 spiro atoms. The lowest BCUT2D eigenvalue weighted by Crippen LogP contribution is -2.15. The third kappa shape index (κ3) is 3.25. The fourth-order valence-corrected chi connectivity index (χ4v) is 2.73. The summed E-state index contributed by atoms with van der Waals surface area (Å²) in [4.78, 5) is 12.7. The van der Waals surface area contributed by atoms with Gasteiger partial charge in [-0.05, 0) is 58.1 Å². The van der Waals surface area contributed by atoms with Gasteiger partial charge < -0.3 is 10.4 Å². The average Bonchev–Trinajstić information content (AvgIpc) is 2.53. The van der Waals surface area contributed by atoms with Crippen molar-refractivity contribution >= 4 is 22.4 Å². The Bertz CT molecular complexity index is 907. The number of carbonyl (C=O) groups excluding carboxylic acids is 1. The quantitative estimate of drug-likeness (QED) is 0.691. The Labute approximate surface area is 142 Å². The van der Waals surface area contributed by atoms with E-state index in [0.29, 0.717) is 5.56 Å². The summed E-state index contributed by atoms with van der Waals surface area (Å²) in [6.07, 6.45) is 0. The molecule has 3 rings (SSSR count). The van der Waals surface area contributed by atoms with Crippen molar-refractivity contribution in [2.24, 2.45) is 0 Å². The lowest BCUT2D eigenvalue weighted by Gasteiger charge is -2.20. The molecule has 0 radical (unpaired) electrons. The third-order valence-corrected chi connectivity index (χ3v) is 4.10. The zero-order valence-corrected chi connectivity index (χ0v) is 14.1. The Morgan fingerprint density at radius 1 is 0.958 bits per heavy atom. The Hall–Kier alpha value is -2.81. The van der Waals surface area contributed by atoms with E-state index in [4.69, 9.17) is 0 Å². The van der Waals surface area contributed by atoms with Crippen LogP contribution in [-0.2, 0) is 5.41 Å². The van der Waals surface area contributed by atoms with Gasteiger partial charge in [-0.3, -0.25) is 4.79 Å². The highest BCUT2D eigenvalue weighted by molar-refractivity contribution is 6.13. The molecule has 0 aliphatic heterocycles. The van der Waals surface area contributed by atoms with Crippen molar-refractivity contribution in [1.29, 1.82) is 0 Å². The zero-order valence-electron chi connectivity index (χ0n) is 14.1. The monoisotopic (exact) mass is 319 g/mol. The van der Waals surface area contributed by atoms with Gasteiger partial charge in [-0.1, -0.05) is 45.0 Å². The number of rotatable bonds is 2. The molecule has 0 aliphatic carbocycles. The van der Waals surface area contributed by atoms with Crippen LogP contribution in [0.3, 0.4) is 0 Å². The first-order valence-corrected chi connectivity index (χ1v) is 7.98. The van der Waals surface area contributed by atoms with Crippen molar-refractivity contribution in [1.82, 2.24) is 0 Å². The maximum absolute atomic E-state index is 12.7. The Kier molecular flexibility index (Phi) is 4.02. The van der Waals surface area contributed by atoms with Crippen molar-refractivity contribution in [2.75, 3.05) is 5.32 Å². The van der Waals surface area contributed by atoms with Gasteiger partial charge in [0.05, 0.1) is 0 Å². The summed E-state index contributed by atoms with van der Waals surface area (Å²) in [6, 6.07) is 18.4. The number of phenolic OH excluding ortho intramolecular Hbond substituents is 1. The molecule has 0 bridgehead atoms. The predicted octanol–water partition coefficient (Wildman–Crippen LogP) is 5.10. The second kappa shape index (κ2) is 6.00.